The van der Waals surface area contributed by atoms with Crippen LogP contribution in [0.25, 0.3) is 10.8 Å². The van der Waals surface area contributed by atoms with Crippen LogP contribution >= 0.6 is 0 Å². The first kappa shape index (κ1) is 18.6. The minimum atomic E-state index is -0.796. The standard InChI is InChI=1S/C22H14FN3O2/c1-2-11-28-21-10-8-16-5-3-4-6-17(16)19(21)14-25-26-22(27)18-9-7-15(13-24)12-20(18)23/h1,3-10,12,14H,11H2,(H,26,27). The second-order valence-electron chi connectivity index (χ2n) is 5.70. The molecular weight excluding hydrogens is 357 g/mol. The maximum Gasteiger partial charge on any atom is 0.274 e. The van der Waals surface area contributed by atoms with Crippen LogP contribution in [0.1, 0.15) is 21.5 Å². The van der Waals surface area contributed by atoms with Gasteiger partial charge < -0.3 is 4.74 Å². The number of nitrogens with one attached hydrogen (secondary N) is 1. The summed E-state index contributed by atoms with van der Waals surface area (Å²) >= 11 is 0. The SMILES string of the molecule is C#CCOc1ccc2ccccc2c1C=NNC(=O)c1ccc(C#N)cc1F. The van der Waals surface area contributed by atoms with Crippen molar-refractivity contribution in [1.82, 2.24) is 5.43 Å². The summed E-state index contributed by atoms with van der Waals surface area (Å²) in [4.78, 5) is 12.2. The molecule has 0 atom stereocenters. The van der Waals surface area contributed by atoms with E-state index in [2.05, 4.69) is 16.4 Å². The molecule has 0 spiro atoms. The highest BCUT2D eigenvalue weighted by atomic mass is 19.1. The number of rotatable bonds is 5. The topological polar surface area (TPSA) is 74.5 Å². The largest absolute Gasteiger partial charge is 0.480 e. The normalized spacial score (nSPS) is 10.4. The Morgan fingerprint density at radius 1 is 1.25 bits per heavy atom. The number of benzene rings is 3. The fourth-order valence-electron chi connectivity index (χ4n) is 2.64. The highest BCUT2D eigenvalue weighted by molar-refractivity contribution is 6.03. The molecule has 0 radical (unpaired) electrons. The predicted molar refractivity (Wildman–Crippen MR) is 104 cm³/mol. The molecule has 136 valence electrons. The highest BCUT2D eigenvalue weighted by Gasteiger charge is 2.12. The number of terminal acetylenes is 1. The zero-order valence-corrected chi connectivity index (χ0v) is 14.6. The minimum absolute atomic E-state index is 0.0853. The first-order valence-electron chi connectivity index (χ1n) is 8.25. The summed E-state index contributed by atoms with van der Waals surface area (Å²) in [7, 11) is 0. The van der Waals surface area contributed by atoms with E-state index in [-0.39, 0.29) is 17.7 Å². The Hall–Kier alpha value is -4.16. The number of amides is 1. The van der Waals surface area contributed by atoms with Gasteiger partial charge in [0.1, 0.15) is 18.2 Å². The molecule has 3 aromatic carbocycles. The van der Waals surface area contributed by atoms with Crippen molar-refractivity contribution in [3.05, 3.63) is 77.1 Å². The Labute approximate surface area is 161 Å². The Morgan fingerprint density at radius 2 is 2.07 bits per heavy atom. The van der Waals surface area contributed by atoms with E-state index < -0.39 is 11.7 Å². The lowest BCUT2D eigenvalue weighted by Crippen LogP contribution is -2.19. The van der Waals surface area contributed by atoms with Gasteiger partial charge in [-0.3, -0.25) is 4.79 Å². The Balaban J connectivity index is 1.87. The third kappa shape index (κ3) is 3.98. The summed E-state index contributed by atoms with van der Waals surface area (Å²) in [6.07, 6.45) is 6.68. The summed E-state index contributed by atoms with van der Waals surface area (Å²) in [6, 6.07) is 16.7. The molecule has 0 aliphatic heterocycles. The number of nitrogens with zero attached hydrogens (tertiary/aromatic N) is 2. The van der Waals surface area contributed by atoms with Crippen LogP contribution in [0.4, 0.5) is 4.39 Å². The van der Waals surface area contributed by atoms with Gasteiger partial charge in [-0.2, -0.15) is 10.4 Å². The van der Waals surface area contributed by atoms with Crippen molar-refractivity contribution in [3.8, 4) is 24.2 Å². The molecule has 0 aliphatic carbocycles. The number of halogens is 1. The second kappa shape index (κ2) is 8.48. The van der Waals surface area contributed by atoms with Gasteiger partial charge in [-0.05, 0) is 35.0 Å². The number of nitriles is 1. The van der Waals surface area contributed by atoms with Crippen molar-refractivity contribution in [2.45, 2.75) is 0 Å². The van der Waals surface area contributed by atoms with Crippen molar-refractivity contribution in [1.29, 1.82) is 5.26 Å². The lowest BCUT2D eigenvalue weighted by molar-refractivity contribution is 0.0951. The fraction of sp³-hybridized carbons (Fsp3) is 0.0455. The summed E-state index contributed by atoms with van der Waals surface area (Å²) in [5.74, 6) is 1.39. The van der Waals surface area contributed by atoms with E-state index in [1.54, 1.807) is 6.07 Å². The molecule has 0 fully saturated rings. The maximum atomic E-state index is 13.9. The number of ether oxygens (including phenoxy) is 1. The molecule has 0 saturated carbocycles. The summed E-state index contributed by atoms with van der Waals surface area (Å²) in [5, 5.41) is 14.5. The average molecular weight is 371 g/mol. The van der Waals surface area contributed by atoms with E-state index in [0.29, 0.717) is 11.3 Å². The molecule has 0 saturated heterocycles. The smallest absolute Gasteiger partial charge is 0.274 e. The van der Waals surface area contributed by atoms with Gasteiger partial charge in [-0.25, -0.2) is 9.82 Å². The lowest BCUT2D eigenvalue weighted by atomic mass is 10.0. The first-order chi connectivity index (χ1) is 13.6. The van der Waals surface area contributed by atoms with Gasteiger partial charge in [0.2, 0.25) is 0 Å². The highest BCUT2D eigenvalue weighted by Crippen LogP contribution is 2.26. The van der Waals surface area contributed by atoms with E-state index in [1.807, 2.05) is 36.4 Å². The summed E-state index contributed by atoms with van der Waals surface area (Å²) in [6.45, 7) is 0.0853. The quantitative estimate of drug-likeness (QED) is 0.423. The molecule has 6 heteroatoms. The molecule has 0 aliphatic rings. The predicted octanol–water partition coefficient (Wildman–Crippen LogP) is 3.63. The number of hydrazone groups is 1. The minimum Gasteiger partial charge on any atom is -0.480 e. The van der Waals surface area contributed by atoms with Crippen molar-refractivity contribution in [2.75, 3.05) is 6.61 Å². The Kier molecular flexibility index (Phi) is 5.64. The number of carbonyl (C=O) groups is 1. The third-order valence-electron chi connectivity index (χ3n) is 3.94. The van der Waals surface area contributed by atoms with Crippen molar-refractivity contribution < 1.29 is 13.9 Å². The van der Waals surface area contributed by atoms with Gasteiger partial charge in [0.05, 0.1) is 23.4 Å². The van der Waals surface area contributed by atoms with Crippen LogP contribution < -0.4 is 10.2 Å². The lowest BCUT2D eigenvalue weighted by Gasteiger charge is -2.10. The summed E-state index contributed by atoms with van der Waals surface area (Å²) < 4.78 is 19.5. The van der Waals surface area contributed by atoms with Gasteiger partial charge in [0, 0.05) is 5.56 Å². The van der Waals surface area contributed by atoms with Crippen molar-refractivity contribution in [3.63, 3.8) is 0 Å². The van der Waals surface area contributed by atoms with E-state index in [1.165, 1.54) is 18.3 Å². The molecule has 28 heavy (non-hydrogen) atoms. The van der Waals surface area contributed by atoms with Crippen molar-refractivity contribution in [2.24, 2.45) is 5.10 Å². The first-order valence-corrected chi connectivity index (χ1v) is 8.25. The average Bonchev–Trinajstić information content (AvgIpc) is 2.72. The molecule has 1 N–H and O–H groups in total. The van der Waals surface area contributed by atoms with E-state index in [4.69, 9.17) is 16.4 Å². The van der Waals surface area contributed by atoms with Gasteiger partial charge in [0.25, 0.3) is 5.91 Å². The monoisotopic (exact) mass is 371 g/mol. The van der Waals surface area contributed by atoms with E-state index in [9.17, 15) is 9.18 Å². The number of carbonyl (C=O) groups excluding carboxylic acids is 1. The molecule has 0 bridgehead atoms. The second-order valence-corrected chi connectivity index (χ2v) is 5.70. The van der Waals surface area contributed by atoms with Gasteiger partial charge >= 0.3 is 0 Å². The van der Waals surface area contributed by atoms with Crippen LogP contribution in [-0.2, 0) is 0 Å². The fourth-order valence-corrected chi connectivity index (χ4v) is 2.64. The molecule has 0 aromatic heterocycles. The molecule has 3 rings (SSSR count). The Morgan fingerprint density at radius 3 is 2.82 bits per heavy atom. The Bertz CT molecular complexity index is 1160. The van der Waals surface area contributed by atoms with Gasteiger partial charge in [-0.15, -0.1) is 6.42 Å². The number of hydrogen-bond acceptors (Lipinski definition) is 4. The van der Waals surface area contributed by atoms with Crippen LogP contribution in [-0.4, -0.2) is 18.7 Å². The molecule has 0 unspecified atom stereocenters. The molecule has 0 heterocycles. The molecule has 1 amide bonds. The molecule has 5 nitrogen and oxygen atoms in total. The van der Waals surface area contributed by atoms with Gasteiger partial charge in [-0.1, -0.05) is 36.3 Å². The van der Waals surface area contributed by atoms with Crippen LogP contribution in [0.3, 0.4) is 0 Å². The zero-order valence-electron chi connectivity index (χ0n) is 14.6. The molecular formula is C22H14FN3O2. The van der Waals surface area contributed by atoms with Gasteiger partial charge in [0.15, 0.2) is 0 Å². The van der Waals surface area contributed by atoms with Crippen LogP contribution in [0, 0.1) is 29.5 Å². The number of fused-ring (bicyclic) bond motifs is 1. The van der Waals surface area contributed by atoms with Crippen LogP contribution in [0.5, 0.6) is 5.75 Å². The molecule has 3 aromatic rings. The maximum absolute atomic E-state index is 13.9. The van der Waals surface area contributed by atoms with Crippen LogP contribution in [0.2, 0.25) is 0 Å². The summed E-state index contributed by atoms with van der Waals surface area (Å²) in [5.41, 5.74) is 2.84. The third-order valence-corrected chi connectivity index (χ3v) is 3.94. The zero-order chi connectivity index (χ0) is 19.9. The van der Waals surface area contributed by atoms with E-state index >= 15 is 0 Å². The van der Waals surface area contributed by atoms with Crippen molar-refractivity contribution >= 4 is 22.9 Å². The van der Waals surface area contributed by atoms with E-state index in [0.717, 1.165) is 16.8 Å². The van der Waals surface area contributed by atoms with Crippen LogP contribution in [0.15, 0.2) is 59.7 Å². The number of hydrogen-bond donors (Lipinski definition) is 1.